The van der Waals surface area contributed by atoms with Crippen LogP contribution in [-0.4, -0.2) is 49.2 Å². The van der Waals surface area contributed by atoms with Crippen LogP contribution in [0.2, 0.25) is 0 Å². The second-order valence-corrected chi connectivity index (χ2v) is 9.09. The first kappa shape index (κ1) is 21.1. The van der Waals surface area contributed by atoms with Crippen LogP contribution in [0.1, 0.15) is 45.7 Å². The van der Waals surface area contributed by atoms with Crippen molar-refractivity contribution in [2.75, 3.05) is 25.5 Å². The van der Waals surface area contributed by atoms with Crippen molar-refractivity contribution in [3.8, 4) is 0 Å². The Hall–Kier alpha value is -2.65. The molecule has 0 unspecified atom stereocenters. The van der Waals surface area contributed by atoms with Crippen LogP contribution in [0.3, 0.4) is 0 Å². The van der Waals surface area contributed by atoms with Gasteiger partial charge in [-0.15, -0.1) is 0 Å². The molecular weight excluding hydrogens is 392 g/mol. The van der Waals surface area contributed by atoms with Gasteiger partial charge >= 0.3 is 0 Å². The van der Waals surface area contributed by atoms with Gasteiger partial charge in [-0.3, -0.25) is 9.59 Å². The molecule has 0 saturated carbocycles. The number of carbonyl (C=O) groups is 2. The number of aromatic nitrogens is 1. The number of carbonyl (C=O) groups excluding carboxylic acids is 2. The topological polar surface area (TPSA) is 101 Å². The van der Waals surface area contributed by atoms with E-state index in [-0.39, 0.29) is 16.5 Å². The average molecular weight is 419 g/mol. The molecule has 156 valence electrons. The zero-order valence-corrected chi connectivity index (χ0v) is 17.7. The normalized spacial score (nSPS) is 15.1. The molecule has 3 rings (SSSR count). The Morgan fingerprint density at radius 3 is 2.41 bits per heavy atom. The molecule has 1 saturated heterocycles. The summed E-state index contributed by atoms with van der Waals surface area (Å²) in [5.74, 6) is -0.683. The van der Waals surface area contributed by atoms with E-state index >= 15 is 0 Å². The molecule has 2 amide bonds. The maximum absolute atomic E-state index is 12.9. The van der Waals surface area contributed by atoms with E-state index in [4.69, 9.17) is 0 Å². The third kappa shape index (κ3) is 4.20. The summed E-state index contributed by atoms with van der Waals surface area (Å²) in [6, 6.07) is 6.46. The molecule has 9 heteroatoms. The quantitative estimate of drug-likeness (QED) is 0.777. The fraction of sp³-hybridized carbons (Fsp3) is 0.400. The van der Waals surface area contributed by atoms with Crippen LogP contribution in [0, 0.1) is 6.92 Å². The monoisotopic (exact) mass is 418 g/mol. The number of sulfonamides is 1. The van der Waals surface area contributed by atoms with Gasteiger partial charge in [0, 0.05) is 44.6 Å². The van der Waals surface area contributed by atoms with E-state index in [1.165, 1.54) is 21.1 Å². The van der Waals surface area contributed by atoms with E-state index in [9.17, 15) is 18.0 Å². The first-order valence-electron chi connectivity index (χ1n) is 9.55. The highest BCUT2D eigenvalue weighted by Crippen LogP contribution is 2.24. The van der Waals surface area contributed by atoms with Crippen molar-refractivity contribution >= 4 is 27.5 Å². The Labute approximate surface area is 170 Å². The van der Waals surface area contributed by atoms with Gasteiger partial charge in [-0.1, -0.05) is 12.5 Å². The minimum absolute atomic E-state index is 0.114. The molecule has 0 radical (unpaired) electrons. The van der Waals surface area contributed by atoms with E-state index in [0.29, 0.717) is 29.9 Å². The highest BCUT2D eigenvalue weighted by atomic mass is 32.2. The minimum Gasteiger partial charge on any atom is -0.355 e. The van der Waals surface area contributed by atoms with Gasteiger partial charge in [0.05, 0.1) is 0 Å². The molecule has 0 atom stereocenters. The van der Waals surface area contributed by atoms with E-state index in [2.05, 4.69) is 10.6 Å². The number of piperidine rings is 1. The van der Waals surface area contributed by atoms with E-state index in [0.717, 1.165) is 19.3 Å². The molecule has 1 aliphatic rings. The molecule has 1 aromatic heterocycles. The molecule has 1 fully saturated rings. The number of hydrogen-bond acceptors (Lipinski definition) is 4. The lowest BCUT2D eigenvalue weighted by Crippen LogP contribution is -2.35. The lowest BCUT2D eigenvalue weighted by atomic mass is 10.1. The molecular formula is C20H26N4O4S. The van der Waals surface area contributed by atoms with E-state index < -0.39 is 15.9 Å². The lowest BCUT2D eigenvalue weighted by molar-refractivity contribution is 0.0960. The second kappa shape index (κ2) is 8.38. The maximum Gasteiger partial charge on any atom is 0.272 e. The van der Waals surface area contributed by atoms with Crippen molar-refractivity contribution in [2.45, 2.75) is 31.1 Å². The maximum atomic E-state index is 12.9. The Bertz CT molecular complexity index is 1040. The summed E-state index contributed by atoms with van der Waals surface area (Å²) in [6.45, 7) is 2.76. The number of aryl methyl sites for hydroxylation is 1. The summed E-state index contributed by atoms with van der Waals surface area (Å²) >= 11 is 0. The van der Waals surface area contributed by atoms with Gasteiger partial charge in [0.25, 0.3) is 11.8 Å². The molecule has 1 aliphatic heterocycles. The van der Waals surface area contributed by atoms with Crippen LogP contribution in [0.4, 0.5) is 5.69 Å². The number of rotatable bonds is 5. The molecule has 8 nitrogen and oxygen atoms in total. The lowest BCUT2D eigenvalue weighted by Gasteiger charge is -2.25. The standard InChI is InChI=1S/C20H26N4O4S/c1-14-16(19(25)21-2)8-7-9-17(14)22-20(26)18-12-15(13-23(18)3)29(27,28)24-10-5-4-6-11-24/h7-9,12-13H,4-6,10-11H2,1-3H3,(H,21,25)(H,22,26). The summed E-state index contributed by atoms with van der Waals surface area (Å²) in [6.07, 6.45) is 4.19. The van der Waals surface area contributed by atoms with Crippen molar-refractivity contribution in [1.29, 1.82) is 0 Å². The predicted octanol–water partition coefficient (Wildman–Crippen LogP) is 2.12. The third-order valence-corrected chi connectivity index (χ3v) is 7.08. The number of anilines is 1. The highest BCUT2D eigenvalue weighted by Gasteiger charge is 2.28. The van der Waals surface area contributed by atoms with E-state index in [1.54, 1.807) is 39.2 Å². The van der Waals surface area contributed by atoms with Crippen LogP contribution in [0.5, 0.6) is 0 Å². The fourth-order valence-corrected chi connectivity index (χ4v) is 5.08. The smallest absolute Gasteiger partial charge is 0.272 e. The van der Waals surface area contributed by atoms with Crippen molar-refractivity contribution < 1.29 is 18.0 Å². The molecule has 0 spiro atoms. The van der Waals surface area contributed by atoms with Crippen LogP contribution < -0.4 is 10.6 Å². The summed E-state index contributed by atoms with van der Waals surface area (Å²) < 4.78 is 28.7. The Balaban J connectivity index is 1.85. The van der Waals surface area contributed by atoms with Crippen molar-refractivity contribution in [3.05, 3.63) is 47.3 Å². The zero-order valence-electron chi connectivity index (χ0n) is 16.9. The van der Waals surface area contributed by atoms with Crippen molar-refractivity contribution in [1.82, 2.24) is 14.2 Å². The SMILES string of the molecule is CNC(=O)c1cccc(NC(=O)c2cc(S(=O)(=O)N3CCCCC3)cn2C)c1C. The number of hydrogen-bond donors (Lipinski definition) is 2. The highest BCUT2D eigenvalue weighted by molar-refractivity contribution is 7.89. The van der Waals surface area contributed by atoms with Gasteiger partial charge in [0.1, 0.15) is 10.6 Å². The summed E-state index contributed by atoms with van der Waals surface area (Å²) in [4.78, 5) is 24.9. The third-order valence-electron chi connectivity index (χ3n) is 5.22. The molecule has 0 bridgehead atoms. The summed E-state index contributed by atoms with van der Waals surface area (Å²) in [5, 5.41) is 5.35. The molecule has 0 aliphatic carbocycles. The molecule has 29 heavy (non-hydrogen) atoms. The van der Waals surface area contributed by atoms with E-state index in [1.807, 2.05) is 0 Å². The van der Waals surface area contributed by atoms with Gasteiger partial charge in [0.2, 0.25) is 10.0 Å². The molecule has 2 heterocycles. The average Bonchev–Trinajstić information content (AvgIpc) is 3.12. The first-order chi connectivity index (χ1) is 13.8. The van der Waals surface area contributed by atoms with Crippen LogP contribution in [0.15, 0.2) is 35.4 Å². The van der Waals surface area contributed by atoms with Crippen LogP contribution in [0.25, 0.3) is 0 Å². The minimum atomic E-state index is -3.62. The van der Waals surface area contributed by atoms with Crippen molar-refractivity contribution in [2.24, 2.45) is 7.05 Å². The second-order valence-electron chi connectivity index (χ2n) is 7.15. The summed E-state index contributed by atoms with van der Waals surface area (Å²) in [7, 11) is -0.440. The van der Waals surface area contributed by atoms with Gasteiger partial charge < -0.3 is 15.2 Å². The Kier molecular flexibility index (Phi) is 6.09. The fourth-order valence-electron chi connectivity index (χ4n) is 3.49. The van der Waals surface area contributed by atoms with Gasteiger partial charge in [-0.25, -0.2) is 8.42 Å². The largest absolute Gasteiger partial charge is 0.355 e. The number of nitrogens with one attached hydrogen (secondary N) is 2. The number of benzene rings is 1. The number of amides is 2. The molecule has 1 aromatic carbocycles. The van der Waals surface area contributed by atoms with Gasteiger partial charge in [-0.2, -0.15) is 4.31 Å². The first-order valence-corrected chi connectivity index (χ1v) is 11.0. The van der Waals surface area contributed by atoms with Crippen LogP contribution >= 0.6 is 0 Å². The number of nitrogens with zero attached hydrogens (tertiary/aromatic N) is 2. The molecule has 2 aromatic rings. The van der Waals surface area contributed by atoms with Crippen LogP contribution in [-0.2, 0) is 17.1 Å². The van der Waals surface area contributed by atoms with Gasteiger partial charge in [-0.05, 0) is 43.5 Å². The molecule has 2 N–H and O–H groups in total. The summed E-state index contributed by atoms with van der Waals surface area (Å²) in [5.41, 5.74) is 1.82. The Morgan fingerprint density at radius 1 is 1.07 bits per heavy atom. The Morgan fingerprint density at radius 2 is 1.76 bits per heavy atom. The zero-order chi connectivity index (χ0) is 21.2. The van der Waals surface area contributed by atoms with Gasteiger partial charge in [0.15, 0.2) is 0 Å². The predicted molar refractivity (Wildman–Crippen MR) is 111 cm³/mol. The van der Waals surface area contributed by atoms with Crippen molar-refractivity contribution in [3.63, 3.8) is 0 Å².